The van der Waals surface area contributed by atoms with E-state index in [-0.39, 0.29) is 15.6 Å². The van der Waals surface area contributed by atoms with E-state index in [4.69, 9.17) is 23.2 Å². The third-order valence-electron chi connectivity index (χ3n) is 2.77. The molecule has 2 aromatic carbocycles. The Kier molecular flexibility index (Phi) is 4.82. The Balaban J connectivity index is 2.73. The van der Waals surface area contributed by atoms with Crippen LogP contribution in [0, 0.1) is 0 Å². The summed E-state index contributed by atoms with van der Waals surface area (Å²) >= 11 is 11.7. The molecule has 0 aliphatic carbocycles. The van der Waals surface area contributed by atoms with Crippen molar-refractivity contribution in [3.8, 4) is 16.9 Å². The Hall–Kier alpha value is -1.53. The lowest BCUT2D eigenvalue weighted by Gasteiger charge is -2.18. The van der Waals surface area contributed by atoms with Crippen molar-refractivity contribution in [1.29, 1.82) is 0 Å². The van der Waals surface area contributed by atoms with E-state index in [0.717, 1.165) is 12.1 Å². The van der Waals surface area contributed by atoms with Gasteiger partial charge in [0.25, 0.3) is 0 Å². The number of halogens is 7. The first-order valence-corrected chi connectivity index (χ1v) is 6.57. The number of benzene rings is 2. The lowest BCUT2D eigenvalue weighted by atomic mass is 9.98. The van der Waals surface area contributed by atoms with Crippen LogP contribution in [0.15, 0.2) is 36.4 Å². The van der Waals surface area contributed by atoms with Gasteiger partial charge in [-0.15, -0.1) is 0 Å². The largest absolute Gasteiger partial charge is 0.434 e. The number of rotatable bonds is 3. The molecule has 0 radical (unpaired) electrons. The number of alkyl halides is 5. The molecule has 0 N–H and O–H groups in total. The van der Waals surface area contributed by atoms with Gasteiger partial charge in [-0.05, 0) is 17.7 Å². The molecule has 0 unspecified atom stereocenters. The molecular weight excluding hydrogens is 350 g/mol. The van der Waals surface area contributed by atoms with Gasteiger partial charge < -0.3 is 4.74 Å². The summed E-state index contributed by atoms with van der Waals surface area (Å²) in [7, 11) is 0. The summed E-state index contributed by atoms with van der Waals surface area (Å²) in [5.41, 5.74) is -1.75. The molecule has 0 aliphatic heterocycles. The van der Waals surface area contributed by atoms with Crippen molar-refractivity contribution in [1.82, 2.24) is 0 Å². The fraction of sp³-hybridized carbons (Fsp3) is 0.143. The highest BCUT2D eigenvalue weighted by atomic mass is 35.5. The van der Waals surface area contributed by atoms with Gasteiger partial charge in [-0.1, -0.05) is 47.5 Å². The average Bonchev–Trinajstić information content (AvgIpc) is 2.39. The molecule has 0 bridgehead atoms. The minimum Gasteiger partial charge on any atom is -0.434 e. The molecule has 2 rings (SSSR count). The zero-order chi connectivity index (χ0) is 16.5. The second-order valence-electron chi connectivity index (χ2n) is 4.16. The van der Waals surface area contributed by atoms with E-state index in [2.05, 4.69) is 4.74 Å². The Bertz CT molecular complexity index is 685. The minimum absolute atomic E-state index is 0.0267. The fourth-order valence-electron chi connectivity index (χ4n) is 1.95. The van der Waals surface area contributed by atoms with E-state index in [1.54, 1.807) is 0 Å². The van der Waals surface area contributed by atoms with E-state index in [1.165, 1.54) is 24.3 Å². The number of ether oxygens (including phenoxy) is 1. The van der Waals surface area contributed by atoms with Crippen LogP contribution in [-0.2, 0) is 6.18 Å². The molecule has 0 spiro atoms. The smallest absolute Gasteiger partial charge is 0.420 e. The van der Waals surface area contributed by atoms with Crippen LogP contribution in [0.2, 0.25) is 10.0 Å². The third-order valence-corrected chi connectivity index (χ3v) is 3.59. The number of hydrogen-bond acceptors (Lipinski definition) is 1. The van der Waals surface area contributed by atoms with E-state index >= 15 is 0 Å². The normalized spacial score (nSPS) is 11.8. The summed E-state index contributed by atoms with van der Waals surface area (Å²) in [4.78, 5) is 0. The van der Waals surface area contributed by atoms with Gasteiger partial charge in [-0.3, -0.25) is 0 Å². The Morgan fingerprint density at radius 3 is 2.09 bits per heavy atom. The molecule has 2 aromatic rings. The van der Waals surface area contributed by atoms with Crippen LogP contribution in [0.5, 0.6) is 5.75 Å². The topological polar surface area (TPSA) is 9.23 Å². The maximum Gasteiger partial charge on any atom is 0.420 e. The molecule has 1 nitrogen and oxygen atoms in total. The first kappa shape index (κ1) is 16.8. The quantitative estimate of drug-likeness (QED) is 0.588. The first-order valence-electron chi connectivity index (χ1n) is 5.81. The fourth-order valence-corrected chi connectivity index (χ4v) is 2.36. The Labute approximate surface area is 132 Å². The Morgan fingerprint density at radius 2 is 1.50 bits per heavy atom. The van der Waals surface area contributed by atoms with E-state index in [9.17, 15) is 22.0 Å². The lowest BCUT2D eigenvalue weighted by molar-refractivity contribution is -0.141. The lowest BCUT2D eigenvalue weighted by Crippen LogP contribution is -2.13. The number of hydrogen-bond donors (Lipinski definition) is 0. The summed E-state index contributed by atoms with van der Waals surface area (Å²) < 4.78 is 68.5. The van der Waals surface area contributed by atoms with Crippen LogP contribution >= 0.6 is 23.2 Å². The van der Waals surface area contributed by atoms with Crippen LogP contribution < -0.4 is 4.74 Å². The minimum atomic E-state index is -4.91. The highest BCUT2D eigenvalue weighted by Crippen LogP contribution is 2.45. The summed E-state index contributed by atoms with van der Waals surface area (Å²) in [5.74, 6) is -0.976. The highest BCUT2D eigenvalue weighted by Gasteiger charge is 2.38. The van der Waals surface area contributed by atoms with Crippen LogP contribution in [0.1, 0.15) is 5.56 Å². The standard InChI is InChI=1S/C14H7Cl2F5O/c15-9-5-1-4-8(12(9)16)7-3-2-6-10(22-13(17)18)11(7)14(19,20)21/h1-6,13H. The monoisotopic (exact) mass is 356 g/mol. The molecule has 0 aromatic heterocycles. The second-order valence-corrected chi connectivity index (χ2v) is 4.94. The summed E-state index contributed by atoms with van der Waals surface area (Å²) in [6.45, 7) is -3.38. The predicted molar refractivity (Wildman–Crippen MR) is 73.5 cm³/mol. The van der Waals surface area contributed by atoms with Gasteiger partial charge in [0.15, 0.2) is 0 Å². The highest BCUT2D eigenvalue weighted by molar-refractivity contribution is 6.43. The first-order chi connectivity index (χ1) is 10.2. The van der Waals surface area contributed by atoms with E-state index < -0.39 is 29.7 Å². The molecule has 22 heavy (non-hydrogen) atoms. The van der Waals surface area contributed by atoms with Gasteiger partial charge in [0.05, 0.1) is 10.0 Å². The van der Waals surface area contributed by atoms with E-state index in [1.807, 2.05) is 0 Å². The maximum absolute atomic E-state index is 13.3. The molecule has 0 amide bonds. The van der Waals surface area contributed by atoms with Gasteiger partial charge >= 0.3 is 12.8 Å². The summed E-state index contributed by atoms with van der Waals surface area (Å²) in [6, 6.07) is 7.21. The van der Waals surface area contributed by atoms with Crippen LogP contribution in [-0.4, -0.2) is 6.61 Å². The van der Waals surface area contributed by atoms with Crippen LogP contribution in [0.25, 0.3) is 11.1 Å². The van der Waals surface area contributed by atoms with Gasteiger partial charge in [-0.2, -0.15) is 22.0 Å². The van der Waals surface area contributed by atoms with Crippen LogP contribution in [0.3, 0.4) is 0 Å². The van der Waals surface area contributed by atoms with Gasteiger partial charge in [0.1, 0.15) is 11.3 Å². The molecule has 0 saturated heterocycles. The average molecular weight is 357 g/mol. The third kappa shape index (κ3) is 3.44. The van der Waals surface area contributed by atoms with Gasteiger partial charge in [-0.25, -0.2) is 0 Å². The molecular formula is C14H7Cl2F5O. The Morgan fingerprint density at radius 1 is 0.909 bits per heavy atom. The van der Waals surface area contributed by atoms with Crippen molar-refractivity contribution in [3.05, 3.63) is 52.0 Å². The summed E-state index contributed by atoms with van der Waals surface area (Å²) in [6.07, 6.45) is -4.91. The van der Waals surface area contributed by atoms with Crippen molar-refractivity contribution in [2.45, 2.75) is 12.8 Å². The van der Waals surface area contributed by atoms with Crippen molar-refractivity contribution in [2.24, 2.45) is 0 Å². The van der Waals surface area contributed by atoms with Gasteiger partial charge in [0.2, 0.25) is 0 Å². The molecule has 0 saturated carbocycles. The molecule has 0 atom stereocenters. The molecule has 0 aliphatic rings. The van der Waals surface area contributed by atoms with Crippen molar-refractivity contribution in [2.75, 3.05) is 0 Å². The zero-order valence-electron chi connectivity index (χ0n) is 10.6. The molecule has 0 fully saturated rings. The zero-order valence-corrected chi connectivity index (χ0v) is 12.1. The van der Waals surface area contributed by atoms with Crippen molar-refractivity contribution < 1.29 is 26.7 Å². The van der Waals surface area contributed by atoms with Crippen LogP contribution in [0.4, 0.5) is 22.0 Å². The molecule has 118 valence electrons. The summed E-state index contributed by atoms with van der Waals surface area (Å²) in [5, 5.41) is -0.0589. The second kappa shape index (κ2) is 6.30. The van der Waals surface area contributed by atoms with E-state index in [0.29, 0.717) is 0 Å². The predicted octanol–water partition coefficient (Wildman–Crippen LogP) is 6.28. The maximum atomic E-state index is 13.3. The van der Waals surface area contributed by atoms with Crippen molar-refractivity contribution >= 4 is 23.2 Å². The van der Waals surface area contributed by atoms with Gasteiger partial charge in [0, 0.05) is 5.56 Å². The van der Waals surface area contributed by atoms with Crippen molar-refractivity contribution in [3.63, 3.8) is 0 Å². The molecule has 8 heteroatoms. The molecule has 0 heterocycles. The SMILES string of the molecule is FC(F)Oc1cccc(-c2cccc(Cl)c2Cl)c1C(F)(F)F.